The Morgan fingerprint density at radius 3 is 1.60 bits per heavy atom. The molecule has 7 aromatic carbocycles. The molecule has 7 rings (SSSR count). The Morgan fingerprint density at radius 2 is 1.03 bits per heavy atom. The van der Waals surface area contributed by atoms with Gasteiger partial charge in [0.25, 0.3) is 5.91 Å². The topological polar surface area (TPSA) is 108 Å². The molecular weight excluding hydrogens is 739 g/mol. The van der Waals surface area contributed by atoms with Crippen LogP contribution in [0.25, 0.3) is 11.1 Å². The third-order valence-electron chi connectivity index (χ3n) is 10.3. The number of hydrogen-bond acceptors (Lipinski definition) is 5. The third-order valence-corrected chi connectivity index (χ3v) is 11.2. The van der Waals surface area contributed by atoms with Crippen LogP contribution < -0.4 is 16.0 Å². The lowest BCUT2D eigenvalue weighted by atomic mass is 9.82. The highest BCUT2D eigenvalue weighted by molar-refractivity contribution is 7.85. The molecule has 0 bridgehead atoms. The standard InChI is InChI=1S/C50H45N3O4S/c1-31-25-33(3)48(34(4)26-31)52-44-23-21-38(29-42(44)37-15-9-7-10-16-37)47(41-19-13-14-20-46(41)58(55,56)57)39-22-24-45(53-49-35(5)27-32(2)28-36(49)6)43(30-39)50(54)51-40-17-11-8-12-18-40/h7-30,52H,1-6H3,(H2-,51,53,54,55,56,57)/p+1. The van der Waals surface area contributed by atoms with Gasteiger partial charge < -0.3 is 16.0 Å². The zero-order valence-electron chi connectivity index (χ0n) is 33.4. The van der Waals surface area contributed by atoms with Crippen molar-refractivity contribution >= 4 is 44.5 Å². The molecule has 0 aliphatic rings. The van der Waals surface area contributed by atoms with Gasteiger partial charge in [-0.2, -0.15) is 8.42 Å². The molecule has 4 N–H and O–H groups in total. The largest absolute Gasteiger partial charge is 0.354 e. The number of nitrogens with one attached hydrogen (secondary N) is 3. The number of anilines is 5. The summed E-state index contributed by atoms with van der Waals surface area (Å²) in [5.41, 5.74) is 14.3. The molecule has 0 spiro atoms. The molecule has 290 valence electrons. The number of carbonyl (C=O) groups excluding carboxylic acids is 1. The number of hydrogen-bond donors (Lipinski definition) is 4. The van der Waals surface area contributed by atoms with E-state index in [0.717, 1.165) is 56.0 Å². The van der Waals surface area contributed by atoms with Crippen molar-refractivity contribution in [2.75, 3.05) is 16.0 Å². The van der Waals surface area contributed by atoms with Crippen LogP contribution in [0.1, 0.15) is 60.4 Å². The van der Waals surface area contributed by atoms with Crippen molar-refractivity contribution in [1.29, 1.82) is 0 Å². The van der Waals surface area contributed by atoms with E-state index in [4.69, 9.17) is 0 Å². The molecule has 1 amide bonds. The zero-order valence-corrected chi connectivity index (χ0v) is 34.3. The molecule has 0 saturated carbocycles. The smallest absolute Gasteiger partial charge is 0.315 e. The first-order valence-electron chi connectivity index (χ1n) is 19.1. The normalized spacial score (nSPS) is 11.2. The van der Waals surface area contributed by atoms with E-state index >= 15 is 0 Å². The molecule has 8 heteroatoms. The van der Waals surface area contributed by atoms with Crippen molar-refractivity contribution in [3.63, 3.8) is 0 Å². The lowest BCUT2D eigenvalue weighted by Crippen LogP contribution is -2.16. The number of carbonyl (C=O) groups is 1. The van der Waals surface area contributed by atoms with Crippen LogP contribution in [0.3, 0.4) is 0 Å². The maximum absolute atomic E-state index is 14.4. The Hall–Kier alpha value is -6.61. The summed E-state index contributed by atoms with van der Waals surface area (Å²) in [4.78, 5) is 14.1. The van der Waals surface area contributed by atoms with Crippen LogP contribution in [-0.4, -0.2) is 18.9 Å². The summed E-state index contributed by atoms with van der Waals surface area (Å²) >= 11 is 0. The zero-order chi connectivity index (χ0) is 41.1. The maximum atomic E-state index is 14.4. The maximum Gasteiger partial charge on any atom is 0.315 e. The van der Waals surface area contributed by atoms with Gasteiger partial charge in [-0.05, 0) is 136 Å². The lowest BCUT2D eigenvalue weighted by molar-refractivity contribution is 0.102. The van der Waals surface area contributed by atoms with Gasteiger partial charge in [-0.3, -0.25) is 9.35 Å². The van der Waals surface area contributed by atoms with Crippen LogP contribution in [0, 0.1) is 47.5 Å². The molecule has 7 nitrogen and oxygen atoms in total. The fraction of sp³-hybridized carbons (Fsp3) is 0.120. The summed E-state index contributed by atoms with van der Waals surface area (Å²) in [6.45, 7) is 12.4. The second-order valence-electron chi connectivity index (χ2n) is 14.9. The average Bonchev–Trinajstić information content (AvgIpc) is 3.19. The Morgan fingerprint density at radius 1 is 0.552 bits per heavy atom. The first-order valence-corrected chi connectivity index (χ1v) is 20.5. The number of benzene rings is 7. The molecule has 0 fully saturated rings. The number of aryl methyl sites for hydroxylation is 6. The first-order chi connectivity index (χ1) is 27.8. The first kappa shape index (κ1) is 39.6. The van der Waals surface area contributed by atoms with Gasteiger partial charge in [-0.15, -0.1) is 0 Å². The molecule has 7 aromatic rings. The van der Waals surface area contributed by atoms with Gasteiger partial charge in [-0.25, -0.2) is 0 Å². The van der Waals surface area contributed by atoms with Crippen molar-refractivity contribution in [1.82, 2.24) is 0 Å². The van der Waals surface area contributed by atoms with E-state index in [-0.39, 0.29) is 16.4 Å². The van der Waals surface area contributed by atoms with Crippen LogP contribution in [0.15, 0.2) is 150 Å². The Bertz CT molecular complexity index is 2720. The fourth-order valence-corrected chi connectivity index (χ4v) is 8.48. The molecule has 0 saturated heterocycles. The number of para-hydroxylation sites is 1. The summed E-state index contributed by atoms with van der Waals surface area (Å²) in [5.74, 6) is 0.163. The molecule has 58 heavy (non-hydrogen) atoms. The van der Waals surface area contributed by atoms with E-state index in [1.807, 2.05) is 105 Å². The van der Waals surface area contributed by atoms with Gasteiger partial charge in [0.1, 0.15) is 4.90 Å². The van der Waals surface area contributed by atoms with Gasteiger partial charge in [0.05, 0.1) is 39.5 Å². The van der Waals surface area contributed by atoms with Gasteiger partial charge in [0.15, 0.2) is 0 Å². The van der Waals surface area contributed by atoms with Crippen LogP contribution >= 0.6 is 0 Å². The van der Waals surface area contributed by atoms with E-state index in [0.29, 0.717) is 34.0 Å². The van der Waals surface area contributed by atoms with Crippen LogP contribution in [0.4, 0.5) is 28.4 Å². The molecule has 0 aliphatic carbocycles. The Kier molecular flexibility index (Phi) is 11.3. The third kappa shape index (κ3) is 8.54. The van der Waals surface area contributed by atoms with Crippen molar-refractivity contribution in [2.24, 2.45) is 0 Å². The summed E-state index contributed by atoms with van der Waals surface area (Å²) in [6.07, 6.45) is 0. The quantitative estimate of drug-likeness (QED) is 0.0591. The van der Waals surface area contributed by atoms with Crippen molar-refractivity contribution in [3.05, 3.63) is 207 Å². The number of rotatable bonds is 11. The second kappa shape index (κ2) is 16.5. The van der Waals surface area contributed by atoms with Crippen molar-refractivity contribution in [3.8, 4) is 11.1 Å². The predicted molar refractivity (Wildman–Crippen MR) is 237 cm³/mol. The highest BCUT2D eigenvalue weighted by Crippen LogP contribution is 2.41. The SMILES string of the molecule is Cc1cc(C)c(Nc2ccc([C+](c3ccc(Nc4c(C)cc(C)cc4C)c(-c4ccccc4)c3)c3ccccc3S(=O)(=O)O)cc2C(=O)Nc2ccccc2)c(C)c1. The highest BCUT2D eigenvalue weighted by Gasteiger charge is 2.32. The Balaban J connectivity index is 1.45. The average molecular weight is 785 g/mol. The van der Waals surface area contributed by atoms with E-state index in [1.165, 1.54) is 11.6 Å². The van der Waals surface area contributed by atoms with E-state index in [2.05, 4.69) is 67.9 Å². The van der Waals surface area contributed by atoms with Crippen molar-refractivity contribution in [2.45, 2.75) is 46.4 Å². The monoisotopic (exact) mass is 784 g/mol. The van der Waals surface area contributed by atoms with Gasteiger partial charge >= 0.3 is 10.1 Å². The van der Waals surface area contributed by atoms with E-state index in [1.54, 1.807) is 24.3 Å². The van der Waals surface area contributed by atoms with Crippen LogP contribution in [0.2, 0.25) is 0 Å². The molecular formula is C50H46N3O4S+. The van der Waals surface area contributed by atoms with Gasteiger partial charge in [0.2, 0.25) is 0 Å². The Labute approximate surface area is 341 Å². The second-order valence-corrected chi connectivity index (χ2v) is 16.2. The molecule has 0 unspecified atom stereocenters. The number of amides is 1. The molecule has 0 aliphatic heterocycles. The summed E-state index contributed by atoms with van der Waals surface area (Å²) in [6, 6.07) is 45.6. The van der Waals surface area contributed by atoms with Gasteiger partial charge in [0, 0.05) is 28.7 Å². The molecule has 0 heterocycles. The lowest BCUT2D eigenvalue weighted by Gasteiger charge is -2.21. The minimum Gasteiger partial charge on any atom is -0.354 e. The molecule has 0 radical (unpaired) electrons. The van der Waals surface area contributed by atoms with Gasteiger partial charge in [-0.1, -0.05) is 83.9 Å². The minimum atomic E-state index is -4.67. The predicted octanol–water partition coefficient (Wildman–Crippen LogP) is 12.2. The molecule has 0 atom stereocenters. The minimum absolute atomic E-state index is 0.247. The van der Waals surface area contributed by atoms with E-state index < -0.39 is 10.1 Å². The summed E-state index contributed by atoms with van der Waals surface area (Å²) in [5, 5.41) is 10.3. The fourth-order valence-electron chi connectivity index (χ4n) is 7.78. The summed E-state index contributed by atoms with van der Waals surface area (Å²) < 4.78 is 36.7. The van der Waals surface area contributed by atoms with Crippen molar-refractivity contribution < 1.29 is 17.8 Å². The highest BCUT2D eigenvalue weighted by atomic mass is 32.2. The molecule has 0 aromatic heterocycles. The summed E-state index contributed by atoms with van der Waals surface area (Å²) in [7, 11) is -4.67. The van der Waals surface area contributed by atoms with Crippen LogP contribution in [-0.2, 0) is 10.1 Å². The van der Waals surface area contributed by atoms with E-state index in [9.17, 15) is 17.8 Å². The van der Waals surface area contributed by atoms with Crippen LogP contribution in [0.5, 0.6) is 0 Å².